The van der Waals surface area contributed by atoms with Gasteiger partial charge in [-0.1, -0.05) is 18.2 Å². The first-order chi connectivity index (χ1) is 15.3. The molecule has 1 atom stereocenters. The molecular formula is C20H14BrF3N6O2. The van der Waals surface area contributed by atoms with E-state index in [2.05, 4.69) is 46.4 Å². The second-order valence-corrected chi connectivity index (χ2v) is 7.92. The minimum atomic E-state index is -4.86. The Morgan fingerprint density at radius 1 is 1.16 bits per heavy atom. The summed E-state index contributed by atoms with van der Waals surface area (Å²) in [6.45, 7) is 0.529. The summed E-state index contributed by atoms with van der Waals surface area (Å²) in [5.41, 5.74) is 1.01. The molecule has 0 unspecified atom stereocenters. The first kappa shape index (κ1) is 20.5. The van der Waals surface area contributed by atoms with Gasteiger partial charge in [-0.05, 0) is 46.6 Å². The summed E-state index contributed by atoms with van der Waals surface area (Å²) in [4.78, 5) is 21.2. The fourth-order valence-electron chi connectivity index (χ4n) is 3.56. The minimum Gasteiger partial charge on any atom is -0.405 e. The highest BCUT2D eigenvalue weighted by Crippen LogP contribution is 2.34. The molecule has 2 aromatic carbocycles. The van der Waals surface area contributed by atoms with Gasteiger partial charge in [0.2, 0.25) is 11.9 Å². The van der Waals surface area contributed by atoms with Crippen LogP contribution in [-0.4, -0.2) is 44.4 Å². The molecule has 1 aliphatic rings. The summed E-state index contributed by atoms with van der Waals surface area (Å²) in [6.07, 6.45) is -4.31. The van der Waals surface area contributed by atoms with Gasteiger partial charge in [0.05, 0.1) is 11.1 Å². The van der Waals surface area contributed by atoms with Crippen LogP contribution in [0.4, 0.5) is 19.1 Å². The molecule has 3 heterocycles. The number of carbonyl (C=O) groups excluding carboxylic acids is 1. The van der Waals surface area contributed by atoms with E-state index in [9.17, 15) is 18.0 Å². The Labute approximate surface area is 186 Å². The normalized spacial score (nSPS) is 16.5. The minimum absolute atomic E-state index is 0.0260. The first-order valence-electron chi connectivity index (χ1n) is 9.54. The maximum atomic E-state index is 12.9. The van der Waals surface area contributed by atoms with Gasteiger partial charge in [-0.3, -0.25) is 4.79 Å². The van der Waals surface area contributed by atoms with Crippen LogP contribution in [0.25, 0.3) is 27.9 Å². The molecule has 2 aromatic heterocycles. The predicted molar refractivity (Wildman–Crippen MR) is 113 cm³/mol. The van der Waals surface area contributed by atoms with E-state index in [0.717, 1.165) is 0 Å². The van der Waals surface area contributed by atoms with Crippen LogP contribution in [0, 0.1) is 0 Å². The first-order valence-corrected chi connectivity index (χ1v) is 10.3. The Hall–Kier alpha value is -3.41. The number of alkyl halides is 3. The third kappa shape index (κ3) is 3.70. The van der Waals surface area contributed by atoms with E-state index in [1.807, 2.05) is 6.07 Å². The number of nitrogens with one attached hydrogen (secondary N) is 2. The molecule has 5 rings (SSSR count). The van der Waals surface area contributed by atoms with Crippen molar-refractivity contribution in [3.8, 4) is 17.1 Å². The number of halogens is 4. The second kappa shape index (κ2) is 7.62. The van der Waals surface area contributed by atoms with Gasteiger partial charge in [0.1, 0.15) is 11.8 Å². The standard InChI is InChI=1S/C20H14BrF3N6O2/c21-12-6-3-5-11-15(12)27-19(26-13-8-9-25-18(13)31)30-17(11)28-16(29-30)10-4-1-2-7-14(10)32-20(22,23)24/h1-7,13H,8-9H2,(H,25,31)(H,26,27)/t13-/m1/s1. The van der Waals surface area contributed by atoms with Crippen LogP contribution >= 0.6 is 15.9 Å². The topological polar surface area (TPSA) is 93.4 Å². The van der Waals surface area contributed by atoms with Crippen molar-refractivity contribution < 1.29 is 22.7 Å². The average Bonchev–Trinajstić information content (AvgIpc) is 3.35. The lowest BCUT2D eigenvalue weighted by Crippen LogP contribution is -2.30. The average molecular weight is 507 g/mol. The largest absolute Gasteiger partial charge is 0.573 e. The zero-order chi connectivity index (χ0) is 22.5. The van der Waals surface area contributed by atoms with Gasteiger partial charge in [-0.25, -0.2) is 9.97 Å². The van der Waals surface area contributed by atoms with Gasteiger partial charge in [-0.2, -0.15) is 4.52 Å². The highest BCUT2D eigenvalue weighted by atomic mass is 79.9. The van der Waals surface area contributed by atoms with Gasteiger partial charge in [0.15, 0.2) is 11.5 Å². The van der Waals surface area contributed by atoms with Crippen LogP contribution < -0.4 is 15.4 Å². The summed E-state index contributed by atoms with van der Waals surface area (Å²) in [6, 6.07) is 10.5. The van der Waals surface area contributed by atoms with Gasteiger partial charge in [0.25, 0.3) is 0 Å². The molecule has 2 N–H and O–H groups in total. The SMILES string of the molecule is O=C1NCC[C@H]1Nc1nc2c(Br)cccc2c2nc(-c3ccccc3OC(F)(F)F)nn12. The van der Waals surface area contributed by atoms with E-state index in [4.69, 9.17) is 0 Å². The fraction of sp³-hybridized carbons (Fsp3) is 0.200. The maximum Gasteiger partial charge on any atom is 0.573 e. The monoisotopic (exact) mass is 506 g/mol. The van der Waals surface area contributed by atoms with Crippen LogP contribution in [-0.2, 0) is 4.79 Å². The van der Waals surface area contributed by atoms with Crippen LogP contribution in [0.3, 0.4) is 0 Å². The molecule has 0 saturated carbocycles. The lowest BCUT2D eigenvalue weighted by atomic mass is 10.2. The van der Waals surface area contributed by atoms with Gasteiger partial charge >= 0.3 is 6.36 Å². The lowest BCUT2D eigenvalue weighted by Gasteiger charge is -2.13. The van der Waals surface area contributed by atoms with Gasteiger partial charge in [-0.15, -0.1) is 18.3 Å². The molecule has 0 radical (unpaired) electrons. The molecule has 32 heavy (non-hydrogen) atoms. The third-order valence-electron chi connectivity index (χ3n) is 4.96. The summed E-state index contributed by atoms with van der Waals surface area (Å²) in [5, 5.41) is 10.9. The molecule has 4 aromatic rings. The highest BCUT2D eigenvalue weighted by molar-refractivity contribution is 9.10. The maximum absolute atomic E-state index is 12.9. The van der Waals surface area contributed by atoms with Crippen LogP contribution in [0.1, 0.15) is 6.42 Å². The van der Waals surface area contributed by atoms with Gasteiger partial charge in [0, 0.05) is 16.4 Å². The molecular weight excluding hydrogens is 493 g/mol. The van der Waals surface area contributed by atoms with Crippen LogP contribution in [0.5, 0.6) is 5.75 Å². The molecule has 8 nitrogen and oxygen atoms in total. The van der Waals surface area contributed by atoms with Crippen molar-refractivity contribution in [3.05, 3.63) is 46.9 Å². The Balaban J connectivity index is 1.71. The van der Waals surface area contributed by atoms with Gasteiger partial charge < -0.3 is 15.4 Å². The molecule has 0 spiro atoms. The van der Waals surface area contributed by atoms with Crippen molar-refractivity contribution in [2.24, 2.45) is 0 Å². The number of carbonyl (C=O) groups is 1. The summed E-state index contributed by atoms with van der Waals surface area (Å²) < 4.78 is 44.9. The fourth-order valence-corrected chi connectivity index (χ4v) is 4.01. The van der Waals surface area contributed by atoms with Crippen molar-refractivity contribution in [3.63, 3.8) is 0 Å². The van der Waals surface area contributed by atoms with Crippen LogP contribution in [0.15, 0.2) is 46.9 Å². The van der Waals surface area contributed by atoms with Crippen LogP contribution in [0.2, 0.25) is 0 Å². The van der Waals surface area contributed by atoms with Crippen molar-refractivity contribution in [2.75, 3.05) is 11.9 Å². The van der Waals surface area contributed by atoms with E-state index in [0.29, 0.717) is 34.0 Å². The second-order valence-electron chi connectivity index (χ2n) is 7.06. The number of aromatic nitrogens is 4. The zero-order valence-electron chi connectivity index (χ0n) is 16.2. The van der Waals surface area contributed by atoms with Crippen molar-refractivity contribution in [1.82, 2.24) is 24.9 Å². The molecule has 12 heteroatoms. The van der Waals surface area contributed by atoms with E-state index in [1.165, 1.54) is 22.7 Å². The highest BCUT2D eigenvalue weighted by Gasteiger charge is 2.33. The molecule has 1 saturated heterocycles. The van der Waals surface area contributed by atoms with E-state index in [-0.39, 0.29) is 23.2 Å². The number of fused-ring (bicyclic) bond motifs is 3. The van der Waals surface area contributed by atoms with Crippen molar-refractivity contribution >= 4 is 44.3 Å². The van der Waals surface area contributed by atoms with E-state index >= 15 is 0 Å². The molecule has 0 bridgehead atoms. The molecule has 0 aliphatic carbocycles. The number of anilines is 1. The van der Waals surface area contributed by atoms with Crippen molar-refractivity contribution in [1.29, 1.82) is 0 Å². The number of rotatable bonds is 4. The number of para-hydroxylation sites is 2. The third-order valence-corrected chi connectivity index (χ3v) is 5.60. The number of nitrogens with zero attached hydrogens (tertiary/aromatic N) is 4. The molecule has 1 amide bonds. The number of benzene rings is 2. The summed E-state index contributed by atoms with van der Waals surface area (Å²) in [7, 11) is 0. The predicted octanol–water partition coefficient (Wildman–Crippen LogP) is 3.91. The lowest BCUT2D eigenvalue weighted by molar-refractivity contribution is -0.274. The Morgan fingerprint density at radius 2 is 1.97 bits per heavy atom. The molecule has 1 fully saturated rings. The Morgan fingerprint density at radius 3 is 2.72 bits per heavy atom. The summed E-state index contributed by atoms with van der Waals surface area (Å²) in [5.74, 6) is -0.317. The van der Waals surface area contributed by atoms with E-state index in [1.54, 1.807) is 18.2 Å². The Bertz CT molecular complexity index is 1360. The summed E-state index contributed by atoms with van der Waals surface area (Å²) >= 11 is 3.47. The number of amides is 1. The number of ether oxygens (including phenoxy) is 1. The zero-order valence-corrected chi connectivity index (χ0v) is 17.7. The van der Waals surface area contributed by atoms with E-state index < -0.39 is 18.2 Å². The molecule has 164 valence electrons. The molecule has 1 aliphatic heterocycles. The smallest absolute Gasteiger partial charge is 0.405 e. The van der Waals surface area contributed by atoms with Crippen molar-refractivity contribution in [2.45, 2.75) is 18.8 Å². The number of hydrogen-bond donors (Lipinski definition) is 2. The number of hydrogen-bond acceptors (Lipinski definition) is 6. The Kier molecular flexibility index (Phi) is 4.88. The quantitative estimate of drug-likeness (QED) is 0.436.